The summed E-state index contributed by atoms with van der Waals surface area (Å²) in [4.78, 5) is 4.58. The zero-order valence-corrected chi connectivity index (χ0v) is 12.7. The van der Waals surface area contributed by atoms with Gasteiger partial charge in [-0.2, -0.15) is 0 Å². The molecule has 0 radical (unpaired) electrons. The molecule has 3 nitrogen and oxygen atoms in total. The lowest BCUT2D eigenvalue weighted by atomic mass is 10.1. The summed E-state index contributed by atoms with van der Waals surface area (Å²) in [5, 5.41) is 0. The van der Waals surface area contributed by atoms with Crippen molar-refractivity contribution < 1.29 is 4.39 Å². The maximum Gasteiger partial charge on any atom is 0.142 e. The predicted molar refractivity (Wildman–Crippen MR) is 82.2 cm³/mol. The summed E-state index contributed by atoms with van der Waals surface area (Å²) >= 11 is 3.44. The molecule has 0 bridgehead atoms. The second-order valence-corrected chi connectivity index (χ2v) is 5.76. The average Bonchev–Trinajstić information content (AvgIpc) is 2.71. The van der Waals surface area contributed by atoms with Gasteiger partial charge in [0.25, 0.3) is 0 Å². The molecule has 0 amide bonds. The van der Waals surface area contributed by atoms with E-state index in [0.29, 0.717) is 11.5 Å². The Morgan fingerprint density at radius 2 is 1.95 bits per heavy atom. The predicted octanol–water partition coefficient (Wildman–Crippen LogP) is 4.10. The molecule has 0 aliphatic carbocycles. The van der Waals surface area contributed by atoms with Crippen LogP contribution in [0.4, 0.5) is 10.2 Å². The topological polar surface area (TPSA) is 43.3 Å². The molecule has 102 valence electrons. The van der Waals surface area contributed by atoms with E-state index in [4.69, 9.17) is 5.73 Å². The summed E-state index contributed by atoms with van der Waals surface area (Å²) in [5.74, 6) is 0.220. The number of anilines is 1. The quantitative estimate of drug-likeness (QED) is 0.728. The van der Waals surface area contributed by atoms with E-state index < -0.39 is 0 Å². The molecular weight excluding hydrogens is 321 g/mol. The van der Waals surface area contributed by atoms with Gasteiger partial charge in [-0.15, -0.1) is 0 Å². The number of aryl methyl sites for hydroxylation is 2. The van der Waals surface area contributed by atoms with Crippen molar-refractivity contribution in [3.63, 3.8) is 0 Å². The molecule has 1 aromatic carbocycles. The maximum absolute atomic E-state index is 13.5. The van der Waals surface area contributed by atoms with Crippen LogP contribution in [0.2, 0.25) is 0 Å². The van der Waals surface area contributed by atoms with Gasteiger partial charge in [0.2, 0.25) is 0 Å². The summed E-state index contributed by atoms with van der Waals surface area (Å²) in [5.41, 5.74) is 10.3. The molecule has 0 aliphatic rings. The number of nitrogens with two attached hydrogens (primary N) is 1. The van der Waals surface area contributed by atoms with Gasteiger partial charge < -0.3 is 5.73 Å². The monoisotopic (exact) mass is 333 g/mol. The van der Waals surface area contributed by atoms with Crippen LogP contribution in [0.5, 0.6) is 0 Å². The van der Waals surface area contributed by atoms with Gasteiger partial charge in [-0.05, 0) is 59.1 Å². The second-order valence-electron chi connectivity index (χ2n) is 4.84. The number of imidazole rings is 1. The van der Waals surface area contributed by atoms with Gasteiger partial charge in [0.05, 0.1) is 0 Å². The first-order valence-electron chi connectivity index (χ1n) is 6.17. The van der Waals surface area contributed by atoms with Crippen LogP contribution in [-0.4, -0.2) is 9.38 Å². The van der Waals surface area contributed by atoms with E-state index in [1.165, 1.54) is 12.1 Å². The first-order chi connectivity index (χ1) is 9.47. The minimum Gasteiger partial charge on any atom is -0.383 e. The van der Waals surface area contributed by atoms with E-state index in [1.54, 1.807) is 6.07 Å². The fourth-order valence-corrected chi connectivity index (χ4v) is 2.88. The molecular formula is C15H13BrFN3. The largest absolute Gasteiger partial charge is 0.383 e. The van der Waals surface area contributed by atoms with Gasteiger partial charge in [0.15, 0.2) is 0 Å². The van der Waals surface area contributed by atoms with Crippen molar-refractivity contribution in [2.24, 2.45) is 0 Å². The van der Waals surface area contributed by atoms with E-state index in [9.17, 15) is 4.39 Å². The molecule has 2 aromatic heterocycles. The molecule has 20 heavy (non-hydrogen) atoms. The summed E-state index contributed by atoms with van der Waals surface area (Å²) in [6.07, 6.45) is 1.86. The fourth-order valence-electron chi connectivity index (χ4n) is 2.33. The van der Waals surface area contributed by atoms with Gasteiger partial charge in [0.1, 0.15) is 23.0 Å². The second kappa shape index (κ2) is 4.59. The van der Waals surface area contributed by atoms with Crippen LogP contribution in [-0.2, 0) is 0 Å². The Hall–Kier alpha value is -1.88. The number of fused-ring (bicyclic) bond motifs is 1. The minimum absolute atomic E-state index is 0.292. The van der Waals surface area contributed by atoms with Crippen molar-refractivity contribution >= 4 is 27.4 Å². The zero-order valence-electron chi connectivity index (χ0n) is 11.1. The van der Waals surface area contributed by atoms with Crippen molar-refractivity contribution in [2.75, 3.05) is 5.73 Å². The molecule has 0 aliphatic heterocycles. The van der Waals surface area contributed by atoms with Crippen LogP contribution in [0.15, 0.2) is 34.9 Å². The maximum atomic E-state index is 13.5. The van der Waals surface area contributed by atoms with Crippen LogP contribution in [0, 0.1) is 19.7 Å². The number of nitrogens with zero attached hydrogens (tertiary/aromatic N) is 2. The zero-order chi connectivity index (χ0) is 14.4. The van der Waals surface area contributed by atoms with Crippen molar-refractivity contribution in [1.82, 2.24) is 9.38 Å². The molecule has 3 aromatic rings. The van der Waals surface area contributed by atoms with E-state index >= 15 is 0 Å². The van der Waals surface area contributed by atoms with E-state index in [1.807, 2.05) is 30.5 Å². The third-order valence-electron chi connectivity index (χ3n) is 3.36. The van der Waals surface area contributed by atoms with Crippen molar-refractivity contribution in [3.8, 4) is 11.3 Å². The molecule has 0 atom stereocenters. The van der Waals surface area contributed by atoms with Gasteiger partial charge in [-0.25, -0.2) is 9.37 Å². The van der Waals surface area contributed by atoms with Crippen LogP contribution in [0.1, 0.15) is 11.1 Å². The molecule has 0 spiro atoms. The van der Waals surface area contributed by atoms with E-state index in [-0.39, 0.29) is 5.82 Å². The standard InChI is InChI=1S/C15H13BrFN3/c1-8-3-4-11(17)6-12(8)13-14(18)20-7-10(16)5-9(2)15(20)19-13/h3-7H,18H2,1-2H3. The average molecular weight is 334 g/mol. The first kappa shape index (κ1) is 13.1. The molecule has 0 saturated heterocycles. The molecule has 2 N–H and O–H groups in total. The van der Waals surface area contributed by atoms with Gasteiger partial charge in [-0.1, -0.05) is 6.07 Å². The Bertz CT molecular complexity index is 824. The van der Waals surface area contributed by atoms with E-state index in [0.717, 1.165) is 26.8 Å². The fraction of sp³-hybridized carbons (Fsp3) is 0.133. The highest BCUT2D eigenvalue weighted by atomic mass is 79.9. The SMILES string of the molecule is Cc1ccc(F)cc1-c1nc2c(C)cc(Br)cn2c1N. The molecule has 5 heteroatoms. The third kappa shape index (κ3) is 1.98. The molecule has 3 rings (SSSR count). The van der Waals surface area contributed by atoms with Crippen LogP contribution < -0.4 is 5.73 Å². The van der Waals surface area contributed by atoms with Crippen LogP contribution in [0.25, 0.3) is 16.9 Å². The summed E-state index contributed by atoms with van der Waals surface area (Å²) in [6, 6.07) is 6.62. The lowest BCUT2D eigenvalue weighted by Crippen LogP contribution is -1.96. The first-order valence-corrected chi connectivity index (χ1v) is 6.97. The number of benzene rings is 1. The van der Waals surface area contributed by atoms with Gasteiger partial charge in [-0.3, -0.25) is 4.40 Å². The normalized spacial score (nSPS) is 11.2. The molecule has 2 heterocycles. The Balaban J connectivity index is 2.35. The summed E-state index contributed by atoms with van der Waals surface area (Å²) in [6.45, 7) is 3.88. The third-order valence-corrected chi connectivity index (χ3v) is 3.80. The molecule has 0 unspecified atom stereocenters. The number of aromatic nitrogens is 2. The number of rotatable bonds is 1. The Kier molecular flexibility index (Phi) is 3.01. The Morgan fingerprint density at radius 3 is 2.70 bits per heavy atom. The number of nitrogen functional groups attached to an aromatic ring is 1. The number of pyridine rings is 1. The van der Waals surface area contributed by atoms with Crippen LogP contribution >= 0.6 is 15.9 Å². The number of halogens is 2. The Labute approximate surface area is 124 Å². The highest BCUT2D eigenvalue weighted by Crippen LogP contribution is 2.31. The van der Waals surface area contributed by atoms with Crippen molar-refractivity contribution in [2.45, 2.75) is 13.8 Å². The highest BCUT2D eigenvalue weighted by Gasteiger charge is 2.15. The molecule has 0 saturated carbocycles. The Morgan fingerprint density at radius 1 is 1.20 bits per heavy atom. The minimum atomic E-state index is -0.292. The smallest absolute Gasteiger partial charge is 0.142 e. The summed E-state index contributed by atoms with van der Waals surface area (Å²) < 4.78 is 16.2. The summed E-state index contributed by atoms with van der Waals surface area (Å²) in [7, 11) is 0. The van der Waals surface area contributed by atoms with E-state index in [2.05, 4.69) is 20.9 Å². The highest BCUT2D eigenvalue weighted by molar-refractivity contribution is 9.10. The van der Waals surface area contributed by atoms with Gasteiger partial charge in [0, 0.05) is 16.2 Å². The van der Waals surface area contributed by atoms with Gasteiger partial charge >= 0.3 is 0 Å². The number of hydrogen-bond acceptors (Lipinski definition) is 2. The number of hydrogen-bond donors (Lipinski definition) is 1. The molecule has 0 fully saturated rings. The lowest BCUT2D eigenvalue weighted by Gasteiger charge is -2.04. The van der Waals surface area contributed by atoms with Crippen LogP contribution in [0.3, 0.4) is 0 Å². The van der Waals surface area contributed by atoms with Crippen molar-refractivity contribution in [3.05, 3.63) is 51.9 Å². The lowest BCUT2D eigenvalue weighted by molar-refractivity contribution is 0.628. The van der Waals surface area contributed by atoms with Crippen molar-refractivity contribution in [1.29, 1.82) is 0 Å².